The van der Waals surface area contributed by atoms with Crippen LogP contribution in [0.5, 0.6) is 5.75 Å². The average Bonchev–Trinajstić information content (AvgIpc) is 2.19. The van der Waals surface area contributed by atoms with E-state index in [1.54, 1.807) is 0 Å². The molecular weight excluding hydrogens is 197 g/mol. The zero-order chi connectivity index (χ0) is 11.4. The molecule has 0 unspecified atom stereocenters. The van der Waals surface area contributed by atoms with Crippen LogP contribution in [0, 0.1) is 5.82 Å². The maximum absolute atomic E-state index is 12.9. The number of carbonyl (C=O) groups excluding carboxylic acids is 1. The third-order valence-electron chi connectivity index (χ3n) is 2.16. The summed E-state index contributed by atoms with van der Waals surface area (Å²) in [6.45, 7) is 1.95. The monoisotopic (exact) mass is 211 g/mol. The Morgan fingerprint density at radius 1 is 1.53 bits per heavy atom. The van der Waals surface area contributed by atoms with Gasteiger partial charge >= 0.3 is 0 Å². The molecule has 15 heavy (non-hydrogen) atoms. The van der Waals surface area contributed by atoms with Crippen molar-refractivity contribution in [1.82, 2.24) is 0 Å². The molecular formula is C11H14FNO2. The van der Waals surface area contributed by atoms with Gasteiger partial charge < -0.3 is 10.8 Å². The van der Waals surface area contributed by atoms with E-state index in [9.17, 15) is 14.3 Å². The van der Waals surface area contributed by atoms with Crippen molar-refractivity contribution in [2.75, 3.05) is 5.73 Å². The minimum absolute atomic E-state index is 0.0269. The Morgan fingerprint density at radius 2 is 2.20 bits per heavy atom. The first-order chi connectivity index (χ1) is 7.06. The normalized spacial score (nSPS) is 10.3. The lowest BCUT2D eigenvalue weighted by atomic mass is 10.0. The molecule has 0 bridgehead atoms. The maximum atomic E-state index is 12.9. The van der Waals surface area contributed by atoms with Crippen molar-refractivity contribution in [3.63, 3.8) is 0 Å². The lowest BCUT2D eigenvalue weighted by Crippen LogP contribution is -2.02. The summed E-state index contributed by atoms with van der Waals surface area (Å²) in [7, 11) is 0. The van der Waals surface area contributed by atoms with Crippen LogP contribution in [0.1, 0.15) is 36.5 Å². The van der Waals surface area contributed by atoms with E-state index in [1.807, 2.05) is 6.92 Å². The SMILES string of the molecule is CCCCC(=O)c1cc(F)cc(N)c1O. The van der Waals surface area contributed by atoms with Crippen LogP contribution in [0.25, 0.3) is 0 Å². The molecule has 4 heteroatoms. The summed E-state index contributed by atoms with van der Waals surface area (Å²) in [5.74, 6) is -1.21. The molecule has 0 amide bonds. The van der Waals surface area contributed by atoms with Crippen molar-refractivity contribution in [3.05, 3.63) is 23.5 Å². The van der Waals surface area contributed by atoms with E-state index >= 15 is 0 Å². The Labute approximate surface area is 87.7 Å². The molecule has 1 aromatic rings. The Kier molecular flexibility index (Phi) is 3.66. The molecule has 1 rings (SSSR count). The maximum Gasteiger partial charge on any atom is 0.166 e. The predicted molar refractivity (Wildman–Crippen MR) is 56.3 cm³/mol. The molecule has 0 heterocycles. The number of phenolic OH excluding ortho intramolecular Hbond substituents is 1. The van der Waals surface area contributed by atoms with E-state index in [-0.39, 0.29) is 22.8 Å². The smallest absolute Gasteiger partial charge is 0.166 e. The molecule has 0 aliphatic rings. The number of nitrogen functional groups attached to an aromatic ring is 1. The van der Waals surface area contributed by atoms with Crippen molar-refractivity contribution in [1.29, 1.82) is 0 Å². The van der Waals surface area contributed by atoms with E-state index in [1.165, 1.54) is 0 Å². The number of phenols is 1. The van der Waals surface area contributed by atoms with E-state index in [4.69, 9.17) is 5.73 Å². The lowest BCUT2D eigenvalue weighted by molar-refractivity contribution is 0.0977. The Bertz CT molecular complexity index is 377. The largest absolute Gasteiger partial charge is 0.505 e. The molecule has 82 valence electrons. The topological polar surface area (TPSA) is 63.3 Å². The van der Waals surface area contributed by atoms with Gasteiger partial charge in [-0.2, -0.15) is 0 Å². The zero-order valence-corrected chi connectivity index (χ0v) is 8.59. The molecule has 0 aromatic heterocycles. The second-order valence-electron chi connectivity index (χ2n) is 3.42. The number of nitrogens with two attached hydrogens (primary N) is 1. The standard InChI is InChI=1S/C11H14FNO2/c1-2-3-4-10(14)8-5-7(12)6-9(13)11(8)15/h5-6,15H,2-4,13H2,1H3. The van der Waals surface area contributed by atoms with Gasteiger partial charge in [0.15, 0.2) is 5.78 Å². The van der Waals surface area contributed by atoms with Crippen molar-refractivity contribution in [3.8, 4) is 5.75 Å². The molecule has 0 saturated carbocycles. The fourth-order valence-corrected chi connectivity index (χ4v) is 1.30. The van der Waals surface area contributed by atoms with Crippen LogP contribution in [-0.4, -0.2) is 10.9 Å². The minimum Gasteiger partial charge on any atom is -0.505 e. The van der Waals surface area contributed by atoms with Crippen LogP contribution < -0.4 is 5.73 Å². The van der Waals surface area contributed by atoms with Crippen molar-refractivity contribution >= 4 is 11.5 Å². The quantitative estimate of drug-likeness (QED) is 0.457. The van der Waals surface area contributed by atoms with Gasteiger partial charge in [-0.1, -0.05) is 13.3 Å². The third-order valence-corrected chi connectivity index (χ3v) is 2.16. The molecule has 0 spiro atoms. The number of anilines is 1. The van der Waals surface area contributed by atoms with Crippen LogP contribution >= 0.6 is 0 Å². The Morgan fingerprint density at radius 3 is 2.80 bits per heavy atom. The number of ketones is 1. The van der Waals surface area contributed by atoms with Crippen LogP contribution in [0.4, 0.5) is 10.1 Å². The van der Waals surface area contributed by atoms with Crippen LogP contribution in [-0.2, 0) is 0 Å². The summed E-state index contributed by atoms with van der Waals surface area (Å²) in [5.41, 5.74) is 5.22. The average molecular weight is 211 g/mol. The lowest BCUT2D eigenvalue weighted by Gasteiger charge is -2.06. The number of aromatic hydroxyl groups is 1. The second kappa shape index (κ2) is 4.77. The number of rotatable bonds is 4. The van der Waals surface area contributed by atoms with Gasteiger partial charge in [0.25, 0.3) is 0 Å². The molecule has 3 nitrogen and oxygen atoms in total. The molecule has 0 atom stereocenters. The predicted octanol–water partition coefficient (Wildman–Crippen LogP) is 2.49. The highest BCUT2D eigenvalue weighted by Gasteiger charge is 2.14. The molecule has 0 aliphatic carbocycles. The van der Waals surface area contributed by atoms with Crippen LogP contribution in [0.3, 0.4) is 0 Å². The summed E-state index contributed by atoms with van der Waals surface area (Å²) >= 11 is 0. The molecule has 0 aliphatic heterocycles. The van der Waals surface area contributed by atoms with Crippen molar-refractivity contribution < 1.29 is 14.3 Å². The molecule has 0 radical (unpaired) electrons. The van der Waals surface area contributed by atoms with Gasteiger partial charge in [0.2, 0.25) is 0 Å². The van der Waals surface area contributed by atoms with Gasteiger partial charge in [0, 0.05) is 12.5 Å². The van der Waals surface area contributed by atoms with E-state index in [0.717, 1.165) is 18.6 Å². The number of benzene rings is 1. The van der Waals surface area contributed by atoms with Gasteiger partial charge in [-0.05, 0) is 12.5 Å². The van der Waals surface area contributed by atoms with E-state index in [2.05, 4.69) is 0 Å². The summed E-state index contributed by atoms with van der Waals surface area (Å²) in [6.07, 6.45) is 1.89. The summed E-state index contributed by atoms with van der Waals surface area (Å²) < 4.78 is 12.9. The van der Waals surface area contributed by atoms with Crippen molar-refractivity contribution in [2.24, 2.45) is 0 Å². The number of halogens is 1. The third kappa shape index (κ3) is 2.68. The molecule has 0 saturated heterocycles. The number of unbranched alkanes of at least 4 members (excludes halogenated alkanes) is 1. The van der Waals surface area contributed by atoms with Gasteiger partial charge in [-0.25, -0.2) is 4.39 Å². The number of hydrogen-bond acceptors (Lipinski definition) is 3. The highest BCUT2D eigenvalue weighted by Crippen LogP contribution is 2.27. The van der Waals surface area contributed by atoms with Crippen molar-refractivity contribution in [2.45, 2.75) is 26.2 Å². The Balaban J connectivity index is 2.98. The molecule has 3 N–H and O–H groups in total. The first-order valence-electron chi connectivity index (χ1n) is 4.87. The van der Waals surface area contributed by atoms with Gasteiger partial charge in [-0.15, -0.1) is 0 Å². The number of carbonyl (C=O) groups is 1. The summed E-state index contributed by atoms with van der Waals surface area (Å²) in [5, 5.41) is 9.48. The van der Waals surface area contributed by atoms with Gasteiger partial charge in [0.1, 0.15) is 11.6 Å². The highest BCUT2D eigenvalue weighted by molar-refractivity contribution is 6.00. The zero-order valence-electron chi connectivity index (χ0n) is 8.59. The van der Waals surface area contributed by atoms with Crippen LogP contribution in [0.2, 0.25) is 0 Å². The fraction of sp³-hybridized carbons (Fsp3) is 0.364. The summed E-state index contributed by atoms with van der Waals surface area (Å²) in [4.78, 5) is 11.5. The number of Topliss-reactive ketones (excluding diaryl/α,β-unsaturated/α-hetero) is 1. The van der Waals surface area contributed by atoms with E-state index in [0.29, 0.717) is 12.8 Å². The van der Waals surface area contributed by atoms with E-state index < -0.39 is 5.82 Å². The van der Waals surface area contributed by atoms with Crippen LogP contribution in [0.15, 0.2) is 12.1 Å². The fourth-order valence-electron chi connectivity index (χ4n) is 1.30. The highest BCUT2D eigenvalue weighted by atomic mass is 19.1. The first kappa shape index (κ1) is 11.5. The molecule has 1 aromatic carbocycles. The van der Waals surface area contributed by atoms with Gasteiger partial charge in [0.05, 0.1) is 11.3 Å². The summed E-state index contributed by atoms with van der Waals surface area (Å²) in [6, 6.07) is 2.01. The second-order valence-corrected chi connectivity index (χ2v) is 3.42. The number of hydrogen-bond donors (Lipinski definition) is 2. The molecule has 0 fully saturated rings. The first-order valence-corrected chi connectivity index (χ1v) is 4.87. The minimum atomic E-state index is -0.606. The Hall–Kier alpha value is -1.58. The van der Waals surface area contributed by atoms with Gasteiger partial charge in [-0.3, -0.25) is 4.79 Å².